The van der Waals surface area contributed by atoms with Crippen LogP contribution in [0.25, 0.3) is 0 Å². The van der Waals surface area contributed by atoms with Crippen molar-refractivity contribution in [2.24, 2.45) is 0 Å². The summed E-state index contributed by atoms with van der Waals surface area (Å²) >= 11 is 0. The molecule has 26 heavy (non-hydrogen) atoms. The summed E-state index contributed by atoms with van der Waals surface area (Å²) < 4.78 is 58.5. The number of amides is 1. The van der Waals surface area contributed by atoms with Gasteiger partial charge in [0.15, 0.2) is 0 Å². The van der Waals surface area contributed by atoms with Crippen molar-refractivity contribution in [2.75, 3.05) is 18.4 Å². The lowest BCUT2D eigenvalue weighted by Crippen LogP contribution is -2.35. The number of hydrogen-bond donors (Lipinski definition) is 1. The summed E-state index contributed by atoms with van der Waals surface area (Å²) in [5, 5.41) is 0. The highest BCUT2D eigenvalue weighted by molar-refractivity contribution is 7.92. The Kier molecular flexibility index (Phi) is 4.82. The van der Waals surface area contributed by atoms with E-state index in [9.17, 15) is 22.0 Å². The maximum Gasteiger partial charge on any atom is 0.409 e. The number of carbonyl (C=O) groups is 1. The van der Waals surface area contributed by atoms with Crippen LogP contribution < -0.4 is 4.72 Å². The van der Waals surface area contributed by atoms with Crippen molar-refractivity contribution in [2.45, 2.75) is 17.9 Å². The van der Waals surface area contributed by atoms with E-state index in [-0.39, 0.29) is 12.2 Å². The number of halogens is 2. The predicted molar refractivity (Wildman–Crippen MR) is 90.1 cm³/mol. The molecule has 1 heterocycles. The van der Waals surface area contributed by atoms with Crippen LogP contribution >= 0.6 is 0 Å². The molecule has 1 aliphatic rings. The predicted octanol–water partition coefficient (Wildman–Crippen LogP) is 2.89. The first-order chi connectivity index (χ1) is 12.3. The van der Waals surface area contributed by atoms with E-state index < -0.39 is 32.6 Å². The van der Waals surface area contributed by atoms with Gasteiger partial charge in [0, 0.05) is 24.8 Å². The van der Waals surface area contributed by atoms with Crippen LogP contribution in [0.1, 0.15) is 11.1 Å². The van der Waals surface area contributed by atoms with E-state index in [4.69, 9.17) is 4.74 Å². The molecule has 0 saturated carbocycles. The molecule has 0 unspecified atom stereocenters. The molecule has 0 aliphatic carbocycles. The largest absolute Gasteiger partial charge is 0.453 e. The number of carbonyl (C=O) groups excluding carboxylic acids is 1. The second-order valence-corrected chi connectivity index (χ2v) is 7.46. The molecule has 0 spiro atoms. The van der Waals surface area contributed by atoms with Gasteiger partial charge in [0.2, 0.25) is 0 Å². The molecule has 138 valence electrons. The number of fused-ring (bicyclic) bond motifs is 1. The van der Waals surface area contributed by atoms with E-state index in [0.717, 1.165) is 23.3 Å². The van der Waals surface area contributed by atoms with E-state index >= 15 is 0 Å². The quantitative estimate of drug-likeness (QED) is 0.886. The van der Waals surface area contributed by atoms with E-state index in [1.807, 2.05) is 0 Å². The lowest BCUT2D eigenvalue weighted by molar-refractivity contribution is 0.118. The zero-order chi connectivity index (χ0) is 18.9. The normalized spacial score (nSPS) is 13.9. The van der Waals surface area contributed by atoms with Gasteiger partial charge >= 0.3 is 6.09 Å². The van der Waals surface area contributed by atoms with Gasteiger partial charge in [-0.25, -0.2) is 22.0 Å². The van der Waals surface area contributed by atoms with Gasteiger partial charge in [0.25, 0.3) is 10.0 Å². The molecule has 9 heteroatoms. The SMILES string of the molecule is COC(=O)N1CCc2ccc(NS(=O)(=O)c3ccc(F)cc3F)cc2C1. The molecule has 0 bridgehead atoms. The van der Waals surface area contributed by atoms with Crippen LogP contribution in [0.5, 0.6) is 0 Å². The lowest BCUT2D eigenvalue weighted by atomic mass is 9.99. The number of methoxy groups -OCH3 is 1. The average Bonchev–Trinajstić information content (AvgIpc) is 2.59. The highest BCUT2D eigenvalue weighted by Crippen LogP contribution is 2.25. The Balaban J connectivity index is 1.86. The molecule has 0 aromatic heterocycles. The first kappa shape index (κ1) is 18.1. The zero-order valence-corrected chi connectivity index (χ0v) is 14.6. The molecule has 0 atom stereocenters. The minimum Gasteiger partial charge on any atom is -0.453 e. The number of nitrogens with one attached hydrogen (secondary N) is 1. The third-order valence-electron chi connectivity index (χ3n) is 4.09. The smallest absolute Gasteiger partial charge is 0.409 e. The summed E-state index contributed by atoms with van der Waals surface area (Å²) in [5.74, 6) is -2.04. The van der Waals surface area contributed by atoms with Crippen molar-refractivity contribution in [3.8, 4) is 0 Å². The van der Waals surface area contributed by atoms with Crippen molar-refractivity contribution >= 4 is 21.8 Å². The molecule has 0 fully saturated rings. The Hall–Kier alpha value is -2.68. The molecule has 1 amide bonds. The minimum absolute atomic E-state index is 0.221. The fourth-order valence-electron chi connectivity index (χ4n) is 2.81. The Labute approximate surface area is 149 Å². The number of benzene rings is 2. The van der Waals surface area contributed by atoms with E-state index in [2.05, 4.69) is 4.72 Å². The standard InChI is InChI=1S/C17H16F2N2O4S/c1-25-17(22)21-7-6-11-2-4-14(8-12(11)10-21)20-26(23,24)16-5-3-13(18)9-15(16)19/h2-5,8-9,20H,6-7,10H2,1H3. The first-order valence-corrected chi connectivity index (χ1v) is 9.21. The van der Waals surface area contributed by atoms with E-state index in [0.29, 0.717) is 19.0 Å². The molecular weight excluding hydrogens is 366 g/mol. The van der Waals surface area contributed by atoms with Crippen LogP contribution in [0.4, 0.5) is 19.3 Å². The molecule has 2 aromatic carbocycles. The molecule has 6 nitrogen and oxygen atoms in total. The van der Waals surface area contributed by atoms with Crippen molar-refractivity contribution in [3.05, 3.63) is 59.2 Å². The van der Waals surface area contributed by atoms with Gasteiger partial charge in [0.05, 0.1) is 7.11 Å². The van der Waals surface area contributed by atoms with Gasteiger partial charge < -0.3 is 9.64 Å². The summed E-state index contributed by atoms with van der Waals surface area (Å²) in [6.07, 6.45) is 0.152. The van der Waals surface area contributed by atoms with Crippen LogP contribution in [0.2, 0.25) is 0 Å². The highest BCUT2D eigenvalue weighted by Gasteiger charge is 2.23. The monoisotopic (exact) mass is 382 g/mol. The van der Waals surface area contributed by atoms with Gasteiger partial charge in [-0.3, -0.25) is 4.72 Å². The van der Waals surface area contributed by atoms with Crippen LogP contribution in [0, 0.1) is 11.6 Å². The third kappa shape index (κ3) is 3.62. The number of rotatable bonds is 3. The summed E-state index contributed by atoms with van der Waals surface area (Å²) in [6, 6.07) is 7.15. The summed E-state index contributed by atoms with van der Waals surface area (Å²) in [5.41, 5.74) is 1.97. The Morgan fingerprint density at radius 3 is 2.62 bits per heavy atom. The molecular formula is C17H16F2N2O4S. The fraction of sp³-hybridized carbons (Fsp3) is 0.235. The second kappa shape index (κ2) is 6.91. The molecule has 0 radical (unpaired) electrons. The Morgan fingerprint density at radius 1 is 1.15 bits per heavy atom. The van der Waals surface area contributed by atoms with Crippen LogP contribution in [-0.2, 0) is 27.7 Å². The fourth-order valence-corrected chi connectivity index (χ4v) is 3.92. The Bertz CT molecular complexity index is 963. The zero-order valence-electron chi connectivity index (χ0n) is 13.8. The van der Waals surface area contributed by atoms with Gasteiger partial charge in [0.1, 0.15) is 16.5 Å². The second-order valence-electron chi connectivity index (χ2n) is 5.81. The van der Waals surface area contributed by atoms with E-state index in [1.165, 1.54) is 12.0 Å². The topological polar surface area (TPSA) is 75.7 Å². The molecule has 2 aromatic rings. The molecule has 3 rings (SSSR count). The average molecular weight is 382 g/mol. The van der Waals surface area contributed by atoms with Crippen LogP contribution in [0.15, 0.2) is 41.3 Å². The number of sulfonamides is 1. The van der Waals surface area contributed by atoms with Crippen molar-refractivity contribution < 1.29 is 26.7 Å². The summed E-state index contributed by atoms with van der Waals surface area (Å²) in [6.45, 7) is 0.786. The van der Waals surface area contributed by atoms with Crippen LogP contribution in [0.3, 0.4) is 0 Å². The number of anilines is 1. The lowest BCUT2D eigenvalue weighted by Gasteiger charge is -2.28. The van der Waals surface area contributed by atoms with Gasteiger partial charge in [-0.15, -0.1) is 0 Å². The molecule has 1 aliphatic heterocycles. The molecule has 1 N–H and O–H groups in total. The van der Waals surface area contributed by atoms with Gasteiger partial charge in [-0.1, -0.05) is 6.07 Å². The highest BCUT2D eigenvalue weighted by atomic mass is 32.2. The maximum absolute atomic E-state index is 13.8. The summed E-state index contributed by atoms with van der Waals surface area (Å²) in [4.78, 5) is 12.5. The third-order valence-corrected chi connectivity index (χ3v) is 5.50. The van der Waals surface area contributed by atoms with Crippen molar-refractivity contribution in [1.29, 1.82) is 0 Å². The maximum atomic E-state index is 13.8. The number of nitrogens with zero attached hydrogens (tertiary/aromatic N) is 1. The molecule has 0 saturated heterocycles. The first-order valence-electron chi connectivity index (χ1n) is 7.73. The van der Waals surface area contributed by atoms with E-state index in [1.54, 1.807) is 18.2 Å². The van der Waals surface area contributed by atoms with Crippen molar-refractivity contribution in [3.63, 3.8) is 0 Å². The number of hydrogen-bond acceptors (Lipinski definition) is 4. The Morgan fingerprint density at radius 2 is 1.92 bits per heavy atom. The van der Waals surface area contributed by atoms with Gasteiger partial charge in [-0.05, 0) is 41.8 Å². The van der Waals surface area contributed by atoms with Crippen molar-refractivity contribution in [1.82, 2.24) is 4.90 Å². The minimum atomic E-state index is -4.22. The number of ether oxygens (including phenoxy) is 1. The summed E-state index contributed by atoms with van der Waals surface area (Å²) in [7, 11) is -2.93. The van der Waals surface area contributed by atoms with Crippen LogP contribution in [-0.4, -0.2) is 33.1 Å². The van der Waals surface area contributed by atoms with Gasteiger partial charge in [-0.2, -0.15) is 0 Å².